The minimum atomic E-state index is -3.84. The van der Waals surface area contributed by atoms with Crippen LogP contribution in [0.5, 0.6) is 5.75 Å². The summed E-state index contributed by atoms with van der Waals surface area (Å²) in [5.74, 6) is -0.156. The molecule has 0 heterocycles. The van der Waals surface area contributed by atoms with E-state index in [2.05, 4.69) is 5.32 Å². The molecule has 198 valence electrons. The van der Waals surface area contributed by atoms with Crippen LogP contribution in [0, 0.1) is 6.92 Å². The van der Waals surface area contributed by atoms with Crippen LogP contribution in [-0.4, -0.2) is 56.6 Å². The Labute approximate surface area is 219 Å². The third-order valence-electron chi connectivity index (χ3n) is 5.52. The number of carbonyl (C=O) groups excluding carboxylic acids is 2. The molecule has 0 aliphatic rings. The summed E-state index contributed by atoms with van der Waals surface area (Å²) in [6.45, 7) is 8.79. The molecule has 0 saturated carbocycles. The first kappa shape index (κ1) is 29.5. The lowest BCUT2D eigenvalue weighted by Crippen LogP contribution is -2.55. The van der Waals surface area contributed by atoms with E-state index in [-0.39, 0.29) is 12.5 Å². The Morgan fingerprint density at radius 2 is 1.72 bits per heavy atom. The number of ether oxygens (including phenoxy) is 1. The molecule has 0 radical (unpaired) electrons. The maximum absolute atomic E-state index is 13.7. The van der Waals surface area contributed by atoms with Gasteiger partial charge in [0.25, 0.3) is 0 Å². The molecule has 0 spiro atoms. The number of hydrogen-bond donors (Lipinski definition) is 1. The van der Waals surface area contributed by atoms with Gasteiger partial charge in [-0.3, -0.25) is 13.9 Å². The van der Waals surface area contributed by atoms with E-state index in [4.69, 9.17) is 16.3 Å². The van der Waals surface area contributed by atoms with Crippen LogP contribution in [-0.2, 0) is 26.2 Å². The van der Waals surface area contributed by atoms with E-state index in [1.807, 2.05) is 39.8 Å². The molecule has 36 heavy (non-hydrogen) atoms. The van der Waals surface area contributed by atoms with Crippen molar-refractivity contribution in [2.45, 2.75) is 59.2 Å². The van der Waals surface area contributed by atoms with Crippen molar-refractivity contribution in [2.75, 3.05) is 24.2 Å². The van der Waals surface area contributed by atoms with Gasteiger partial charge in [-0.2, -0.15) is 0 Å². The van der Waals surface area contributed by atoms with Crippen LogP contribution in [0.15, 0.2) is 42.5 Å². The average molecular weight is 538 g/mol. The first-order valence-corrected chi connectivity index (χ1v) is 13.9. The molecule has 10 heteroatoms. The molecule has 0 fully saturated rings. The van der Waals surface area contributed by atoms with Gasteiger partial charge in [0, 0.05) is 17.1 Å². The molecular formula is C26H36ClN3O5S. The zero-order chi connectivity index (χ0) is 27.3. The number of carbonyl (C=O) groups is 2. The predicted octanol–water partition coefficient (Wildman–Crippen LogP) is 4.15. The highest BCUT2D eigenvalue weighted by molar-refractivity contribution is 7.92. The van der Waals surface area contributed by atoms with Gasteiger partial charge in [-0.15, -0.1) is 0 Å². The lowest BCUT2D eigenvalue weighted by Gasteiger charge is -2.34. The first-order valence-electron chi connectivity index (χ1n) is 11.6. The summed E-state index contributed by atoms with van der Waals surface area (Å²) < 4.78 is 31.8. The maximum Gasteiger partial charge on any atom is 0.244 e. The Morgan fingerprint density at radius 1 is 1.11 bits per heavy atom. The van der Waals surface area contributed by atoms with Crippen molar-refractivity contribution >= 4 is 39.1 Å². The molecule has 0 aliphatic heterocycles. The van der Waals surface area contributed by atoms with Crippen LogP contribution in [0.3, 0.4) is 0 Å². The molecule has 8 nitrogen and oxygen atoms in total. The summed E-state index contributed by atoms with van der Waals surface area (Å²) >= 11 is 6.14. The molecule has 0 bridgehead atoms. The monoisotopic (exact) mass is 537 g/mol. The van der Waals surface area contributed by atoms with E-state index in [9.17, 15) is 18.0 Å². The number of benzene rings is 2. The fourth-order valence-corrected chi connectivity index (χ4v) is 4.81. The lowest BCUT2D eigenvalue weighted by atomic mass is 10.1. The number of methoxy groups -OCH3 is 1. The number of hydrogen-bond acceptors (Lipinski definition) is 5. The van der Waals surface area contributed by atoms with Gasteiger partial charge in [-0.1, -0.05) is 36.7 Å². The highest BCUT2D eigenvalue weighted by atomic mass is 35.5. The summed E-state index contributed by atoms with van der Waals surface area (Å²) in [6, 6.07) is 11.2. The number of anilines is 1. The van der Waals surface area contributed by atoms with Gasteiger partial charge in [0.05, 0.1) is 19.1 Å². The van der Waals surface area contributed by atoms with Crippen molar-refractivity contribution in [1.82, 2.24) is 10.2 Å². The summed E-state index contributed by atoms with van der Waals surface area (Å²) in [5, 5.41) is 3.29. The second kappa shape index (κ2) is 12.0. The number of aryl methyl sites for hydroxylation is 1. The quantitative estimate of drug-likeness (QED) is 0.491. The van der Waals surface area contributed by atoms with Crippen molar-refractivity contribution in [3.05, 3.63) is 58.6 Å². The predicted molar refractivity (Wildman–Crippen MR) is 144 cm³/mol. The van der Waals surface area contributed by atoms with Crippen LogP contribution in [0.25, 0.3) is 0 Å². The van der Waals surface area contributed by atoms with Gasteiger partial charge < -0.3 is 15.0 Å². The Hall–Kier alpha value is -2.78. The average Bonchev–Trinajstić information content (AvgIpc) is 2.77. The molecule has 1 atom stereocenters. The largest absolute Gasteiger partial charge is 0.497 e. The molecule has 1 unspecified atom stereocenters. The van der Waals surface area contributed by atoms with E-state index in [1.165, 1.54) is 11.0 Å². The third kappa shape index (κ3) is 8.13. The van der Waals surface area contributed by atoms with Crippen molar-refractivity contribution in [2.24, 2.45) is 0 Å². The molecular weight excluding hydrogens is 502 g/mol. The smallest absolute Gasteiger partial charge is 0.244 e. The van der Waals surface area contributed by atoms with Crippen LogP contribution in [0.1, 0.15) is 45.2 Å². The fraction of sp³-hybridized carbons (Fsp3) is 0.462. The number of amides is 2. The molecule has 2 amide bonds. The van der Waals surface area contributed by atoms with Crippen molar-refractivity contribution in [1.29, 1.82) is 0 Å². The highest BCUT2D eigenvalue weighted by Crippen LogP contribution is 2.27. The van der Waals surface area contributed by atoms with Crippen molar-refractivity contribution < 1.29 is 22.7 Å². The Balaban J connectivity index is 2.50. The summed E-state index contributed by atoms with van der Waals surface area (Å²) in [6.07, 6.45) is 1.39. The molecule has 2 aromatic rings. The van der Waals surface area contributed by atoms with E-state index >= 15 is 0 Å². The summed E-state index contributed by atoms with van der Waals surface area (Å²) in [7, 11) is -2.28. The van der Waals surface area contributed by atoms with Crippen LogP contribution in [0.2, 0.25) is 5.02 Å². The third-order valence-corrected chi connectivity index (χ3v) is 6.88. The van der Waals surface area contributed by atoms with Crippen LogP contribution < -0.4 is 14.4 Å². The van der Waals surface area contributed by atoms with Crippen LogP contribution in [0.4, 0.5) is 5.69 Å². The zero-order valence-corrected chi connectivity index (χ0v) is 23.5. The topological polar surface area (TPSA) is 96.0 Å². The number of rotatable bonds is 10. The SMILES string of the molecule is CCC(C(=O)NC(C)(C)C)N(Cc1ccc(OC)cc1)C(=O)CN(c1cc(Cl)ccc1C)S(C)(=O)=O. The Bertz CT molecular complexity index is 1180. The molecule has 2 aromatic carbocycles. The number of nitrogens with zero attached hydrogens (tertiary/aromatic N) is 2. The Morgan fingerprint density at radius 3 is 2.22 bits per heavy atom. The molecule has 0 saturated heterocycles. The number of sulfonamides is 1. The van der Waals surface area contributed by atoms with Gasteiger partial charge in [0.15, 0.2) is 0 Å². The number of halogens is 1. The fourth-order valence-electron chi connectivity index (χ4n) is 3.75. The minimum Gasteiger partial charge on any atom is -0.497 e. The van der Waals surface area contributed by atoms with E-state index in [0.29, 0.717) is 28.4 Å². The van der Waals surface area contributed by atoms with Gasteiger partial charge in [-0.05, 0) is 69.5 Å². The summed E-state index contributed by atoms with van der Waals surface area (Å²) in [4.78, 5) is 28.4. The second-order valence-corrected chi connectivity index (χ2v) is 12.1. The normalized spacial score (nSPS) is 12.6. The first-order chi connectivity index (χ1) is 16.7. The molecule has 2 rings (SSSR count). The van der Waals surface area contributed by atoms with E-state index in [1.54, 1.807) is 38.3 Å². The van der Waals surface area contributed by atoms with Crippen molar-refractivity contribution in [3.8, 4) is 5.75 Å². The minimum absolute atomic E-state index is 0.116. The molecule has 0 aromatic heterocycles. The number of nitrogens with one attached hydrogen (secondary N) is 1. The standard InChI is InChI=1S/C26H36ClN3O5S/c1-8-22(25(32)28-26(3,4)5)29(16-19-10-13-21(35-6)14-11-19)24(31)17-30(36(7,33)34)23-15-20(27)12-9-18(23)2/h9-15,22H,8,16-17H2,1-7H3,(H,28,32). The van der Waals surface area contributed by atoms with Gasteiger partial charge in [-0.25, -0.2) is 8.42 Å². The maximum atomic E-state index is 13.7. The van der Waals surface area contributed by atoms with Gasteiger partial charge in [0.1, 0.15) is 18.3 Å². The second-order valence-electron chi connectivity index (χ2n) is 9.73. The molecule has 1 N–H and O–H groups in total. The lowest BCUT2D eigenvalue weighted by molar-refractivity contribution is -0.141. The zero-order valence-electron chi connectivity index (χ0n) is 22.0. The van der Waals surface area contributed by atoms with Crippen molar-refractivity contribution in [3.63, 3.8) is 0 Å². The molecule has 0 aliphatic carbocycles. The van der Waals surface area contributed by atoms with Crippen LogP contribution >= 0.6 is 11.6 Å². The Kier molecular flexibility index (Phi) is 9.79. The van der Waals surface area contributed by atoms with Gasteiger partial charge in [0.2, 0.25) is 21.8 Å². The van der Waals surface area contributed by atoms with E-state index in [0.717, 1.165) is 16.1 Å². The van der Waals surface area contributed by atoms with E-state index < -0.39 is 34.1 Å². The van der Waals surface area contributed by atoms with Gasteiger partial charge >= 0.3 is 0 Å². The summed E-state index contributed by atoms with van der Waals surface area (Å²) in [5.41, 5.74) is 1.23. The highest BCUT2D eigenvalue weighted by Gasteiger charge is 2.33.